The van der Waals surface area contributed by atoms with Crippen molar-refractivity contribution in [2.45, 2.75) is 26.4 Å². The number of rotatable bonds is 7. The number of amides is 2. The summed E-state index contributed by atoms with van der Waals surface area (Å²) < 4.78 is 10.7. The number of carbonyl (C=O) groups is 3. The first kappa shape index (κ1) is 22.6. The maximum atomic E-state index is 12.5. The van der Waals surface area contributed by atoms with E-state index in [2.05, 4.69) is 0 Å². The molecule has 0 aliphatic carbocycles. The van der Waals surface area contributed by atoms with Gasteiger partial charge in [0.05, 0.1) is 21.5 Å². The van der Waals surface area contributed by atoms with Gasteiger partial charge in [0.2, 0.25) is 0 Å². The largest absolute Gasteiger partial charge is 0.461 e. The van der Waals surface area contributed by atoms with Gasteiger partial charge in [0.15, 0.2) is 0 Å². The molecule has 1 fully saturated rings. The van der Waals surface area contributed by atoms with E-state index in [1.807, 2.05) is 6.92 Å². The van der Waals surface area contributed by atoms with Gasteiger partial charge in [-0.2, -0.15) is 0 Å². The fraction of sp³-hybridized carbons (Fsp3) is 0.250. The van der Waals surface area contributed by atoms with E-state index in [-0.39, 0.29) is 38.8 Å². The highest BCUT2D eigenvalue weighted by Gasteiger charge is 2.37. The number of ether oxygens (including phenoxy) is 1. The van der Waals surface area contributed by atoms with E-state index in [1.54, 1.807) is 6.92 Å². The van der Waals surface area contributed by atoms with Crippen LogP contribution in [0.3, 0.4) is 0 Å². The maximum absolute atomic E-state index is 12.5. The van der Waals surface area contributed by atoms with Crippen LogP contribution in [0.5, 0.6) is 0 Å². The molecule has 1 aromatic carbocycles. The summed E-state index contributed by atoms with van der Waals surface area (Å²) in [6, 6.07) is 7.19. The first-order chi connectivity index (χ1) is 14.7. The smallest absolute Gasteiger partial charge is 0.326 e. The number of halogens is 1. The Morgan fingerprint density at radius 1 is 1.35 bits per heavy atom. The average Bonchev–Trinajstić information content (AvgIpc) is 3.28. The van der Waals surface area contributed by atoms with Gasteiger partial charge in [-0.25, -0.2) is 0 Å². The number of nitro benzene ring substituents is 1. The maximum Gasteiger partial charge on any atom is 0.326 e. The van der Waals surface area contributed by atoms with Crippen molar-refractivity contribution in [3.63, 3.8) is 0 Å². The third-order valence-electron chi connectivity index (χ3n) is 4.39. The molecule has 1 aliphatic heterocycles. The molecule has 1 aromatic heterocycles. The van der Waals surface area contributed by atoms with Crippen LogP contribution in [0.2, 0.25) is 5.02 Å². The molecular formula is C20H17ClN2O7S. The highest BCUT2D eigenvalue weighted by molar-refractivity contribution is 8.18. The summed E-state index contributed by atoms with van der Waals surface area (Å²) in [6.45, 7) is 3.08. The van der Waals surface area contributed by atoms with Crippen molar-refractivity contribution in [3.8, 4) is 11.3 Å². The van der Waals surface area contributed by atoms with Crippen LogP contribution < -0.4 is 0 Å². The van der Waals surface area contributed by atoms with Crippen LogP contribution in [0, 0.1) is 10.1 Å². The van der Waals surface area contributed by atoms with Crippen LogP contribution in [0.1, 0.15) is 26.0 Å². The Balaban J connectivity index is 1.79. The number of nitrogens with zero attached hydrogens (tertiary/aromatic N) is 2. The van der Waals surface area contributed by atoms with E-state index < -0.39 is 28.6 Å². The van der Waals surface area contributed by atoms with Crippen molar-refractivity contribution in [1.82, 2.24) is 4.90 Å². The van der Waals surface area contributed by atoms with Crippen molar-refractivity contribution in [1.29, 1.82) is 0 Å². The molecule has 3 rings (SSSR count). The Bertz CT molecular complexity index is 1090. The molecular weight excluding hydrogens is 448 g/mol. The number of benzene rings is 1. The zero-order valence-corrected chi connectivity index (χ0v) is 18.1. The molecule has 0 saturated carbocycles. The monoisotopic (exact) mass is 464 g/mol. The van der Waals surface area contributed by atoms with E-state index in [1.165, 1.54) is 36.4 Å². The summed E-state index contributed by atoms with van der Waals surface area (Å²) in [5.74, 6) is -0.905. The van der Waals surface area contributed by atoms with Gasteiger partial charge in [0, 0.05) is 17.2 Å². The first-order valence-corrected chi connectivity index (χ1v) is 10.4. The standard InChI is InChI=1S/C20H17ClN2O7S/c1-3-11(2)29-18(24)10-22-19(25)17(31-20(22)26)9-13-5-7-16(30-13)14-6-4-12(21)8-15(14)23(27)28/h4-9,11H,3,10H2,1-2H3/b17-9+/t11-/m0/s1. The Hall–Kier alpha value is -3.11. The molecule has 31 heavy (non-hydrogen) atoms. The van der Waals surface area contributed by atoms with Gasteiger partial charge in [-0.3, -0.25) is 29.4 Å². The second-order valence-corrected chi connectivity index (χ2v) is 8.03. The second-order valence-electron chi connectivity index (χ2n) is 6.60. The number of hydrogen-bond donors (Lipinski definition) is 0. The van der Waals surface area contributed by atoms with Crippen LogP contribution in [-0.2, 0) is 14.3 Å². The zero-order chi connectivity index (χ0) is 22.7. The Morgan fingerprint density at radius 2 is 2.10 bits per heavy atom. The fourth-order valence-corrected chi connectivity index (χ4v) is 3.66. The highest BCUT2D eigenvalue weighted by Crippen LogP contribution is 2.36. The number of esters is 1. The topological polar surface area (TPSA) is 120 Å². The van der Waals surface area contributed by atoms with Crippen LogP contribution in [0.25, 0.3) is 17.4 Å². The van der Waals surface area contributed by atoms with Gasteiger partial charge in [-0.15, -0.1) is 0 Å². The van der Waals surface area contributed by atoms with E-state index in [0.717, 1.165) is 4.90 Å². The van der Waals surface area contributed by atoms with Crippen molar-refractivity contribution < 1.29 is 28.5 Å². The van der Waals surface area contributed by atoms with Gasteiger partial charge < -0.3 is 9.15 Å². The molecule has 9 nitrogen and oxygen atoms in total. The fourth-order valence-electron chi connectivity index (χ4n) is 2.68. The normalized spacial score (nSPS) is 16.1. The molecule has 0 radical (unpaired) electrons. The summed E-state index contributed by atoms with van der Waals surface area (Å²) in [5, 5.41) is 10.9. The number of furan rings is 1. The van der Waals surface area contributed by atoms with Crippen LogP contribution in [0.15, 0.2) is 39.7 Å². The number of nitro groups is 1. The third-order valence-corrected chi connectivity index (χ3v) is 5.53. The quantitative estimate of drug-likeness (QED) is 0.246. The van der Waals surface area contributed by atoms with E-state index in [9.17, 15) is 24.5 Å². The minimum atomic E-state index is -0.673. The molecule has 1 atom stereocenters. The van der Waals surface area contributed by atoms with E-state index in [4.69, 9.17) is 20.8 Å². The highest BCUT2D eigenvalue weighted by atomic mass is 35.5. The predicted molar refractivity (Wildman–Crippen MR) is 114 cm³/mol. The summed E-state index contributed by atoms with van der Waals surface area (Å²) in [5.41, 5.74) is -0.0107. The molecule has 0 spiro atoms. The van der Waals surface area contributed by atoms with Crippen molar-refractivity contribution in [3.05, 3.63) is 56.1 Å². The molecule has 0 bridgehead atoms. The van der Waals surface area contributed by atoms with Crippen molar-refractivity contribution >= 4 is 52.2 Å². The molecule has 0 unspecified atom stereocenters. The van der Waals surface area contributed by atoms with E-state index >= 15 is 0 Å². The molecule has 2 amide bonds. The lowest BCUT2D eigenvalue weighted by Crippen LogP contribution is -2.35. The Morgan fingerprint density at radius 3 is 2.77 bits per heavy atom. The number of hydrogen-bond acceptors (Lipinski definition) is 8. The van der Waals surface area contributed by atoms with Gasteiger partial charge in [0.25, 0.3) is 16.8 Å². The average molecular weight is 465 g/mol. The van der Waals surface area contributed by atoms with Gasteiger partial charge in [-0.1, -0.05) is 18.5 Å². The molecule has 1 aliphatic rings. The lowest BCUT2D eigenvalue weighted by molar-refractivity contribution is -0.384. The lowest BCUT2D eigenvalue weighted by atomic mass is 10.1. The Kier molecular flexibility index (Phi) is 6.81. The summed E-state index contributed by atoms with van der Waals surface area (Å²) >= 11 is 6.49. The SMILES string of the molecule is CC[C@H](C)OC(=O)CN1C(=O)S/C(=C/c2ccc(-c3ccc(Cl)cc3[N+](=O)[O-])o2)C1=O. The first-order valence-electron chi connectivity index (χ1n) is 9.18. The predicted octanol–water partition coefficient (Wildman–Crippen LogP) is 4.89. The summed E-state index contributed by atoms with van der Waals surface area (Å²) in [4.78, 5) is 48.2. The zero-order valence-electron chi connectivity index (χ0n) is 16.5. The minimum absolute atomic E-state index is 0.0628. The Labute approximate surface area is 186 Å². The molecule has 2 aromatic rings. The molecule has 162 valence electrons. The minimum Gasteiger partial charge on any atom is -0.461 e. The molecule has 1 saturated heterocycles. The van der Waals surface area contributed by atoms with Crippen LogP contribution in [-0.4, -0.2) is 39.6 Å². The molecule has 2 heterocycles. The van der Waals surface area contributed by atoms with Crippen LogP contribution in [0.4, 0.5) is 10.5 Å². The summed E-state index contributed by atoms with van der Waals surface area (Å²) in [6.07, 6.45) is 1.64. The second kappa shape index (κ2) is 9.36. The van der Waals surface area contributed by atoms with Crippen molar-refractivity contribution in [2.24, 2.45) is 0 Å². The number of carbonyl (C=O) groups excluding carboxylic acids is 3. The van der Waals surface area contributed by atoms with Gasteiger partial charge >= 0.3 is 5.97 Å². The molecule has 11 heteroatoms. The number of thioether (sulfide) groups is 1. The van der Waals surface area contributed by atoms with Gasteiger partial charge in [0.1, 0.15) is 18.1 Å². The van der Waals surface area contributed by atoms with Crippen LogP contribution >= 0.6 is 23.4 Å². The van der Waals surface area contributed by atoms with E-state index in [0.29, 0.717) is 18.2 Å². The number of imide groups is 1. The summed E-state index contributed by atoms with van der Waals surface area (Å²) in [7, 11) is 0. The lowest BCUT2D eigenvalue weighted by Gasteiger charge is -2.14. The third kappa shape index (κ3) is 5.15. The van der Waals surface area contributed by atoms with Gasteiger partial charge in [-0.05, 0) is 49.4 Å². The van der Waals surface area contributed by atoms with Crippen molar-refractivity contribution in [2.75, 3.05) is 6.54 Å². The molecule has 0 N–H and O–H groups in total.